The minimum Gasteiger partial charge on any atom is -0.332 e. The molecule has 0 bridgehead atoms. The van der Waals surface area contributed by atoms with E-state index in [-0.39, 0.29) is 0 Å². The summed E-state index contributed by atoms with van der Waals surface area (Å²) in [6, 6.07) is 9.85. The maximum absolute atomic E-state index is 6.06. The topological polar surface area (TPSA) is 54.7 Å². The Hall–Kier alpha value is -1.32. The molecule has 2 rings (SSSR count). The second-order valence-corrected chi connectivity index (χ2v) is 3.63. The lowest BCUT2D eigenvalue weighted by atomic mass is 10.2. The number of H-pyrrole nitrogens is 1. The smallest absolute Gasteiger partial charge is 0.134 e. The Kier molecular flexibility index (Phi) is 3.04. The average Bonchev–Trinajstić information content (AvgIpc) is 2.61. The minimum atomic E-state index is 0.568. The average molecular weight is 222 g/mol. The number of nitrogens with zero attached hydrogens (tertiary/aromatic N) is 1. The number of aromatic amines is 1. The molecule has 0 saturated heterocycles. The van der Waals surface area contributed by atoms with Crippen molar-refractivity contribution in [3.8, 4) is 11.3 Å². The fraction of sp³-hybridized carbons (Fsp3) is 0.182. The Morgan fingerprint density at radius 1 is 1.27 bits per heavy atom. The van der Waals surface area contributed by atoms with Crippen LogP contribution in [-0.2, 0) is 6.42 Å². The maximum atomic E-state index is 6.06. The summed E-state index contributed by atoms with van der Waals surface area (Å²) in [5.74, 6) is 0.835. The van der Waals surface area contributed by atoms with Crippen LogP contribution in [0.3, 0.4) is 0 Å². The van der Waals surface area contributed by atoms with Crippen LogP contribution in [0.5, 0.6) is 0 Å². The quantitative estimate of drug-likeness (QED) is 0.835. The number of nitrogens with two attached hydrogens (primary N) is 1. The Bertz CT molecular complexity index is 436. The second kappa shape index (κ2) is 4.47. The first-order chi connectivity index (χ1) is 7.31. The van der Waals surface area contributed by atoms with Gasteiger partial charge in [-0.1, -0.05) is 41.9 Å². The van der Waals surface area contributed by atoms with Crippen molar-refractivity contribution in [2.24, 2.45) is 5.73 Å². The molecule has 4 heteroatoms. The van der Waals surface area contributed by atoms with E-state index in [1.807, 2.05) is 30.3 Å². The predicted molar refractivity (Wildman–Crippen MR) is 61.8 cm³/mol. The summed E-state index contributed by atoms with van der Waals surface area (Å²) in [6.07, 6.45) is 0.715. The molecule has 0 aliphatic heterocycles. The van der Waals surface area contributed by atoms with Crippen LogP contribution in [0, 0.1) is 0 Å². The maximum Gasteiger partial charge on any atom is 0.134 e. The third-order valence-corrected chi connectivity index (χ3v) is 2.41. The van der Waals surface area contributed by atoms with Gasteiger partial charge in [-0.2, -0.15) is 0 Å². The Balaban J connectivity index is 2.36. The zero-order valence-corrected chi connectivity index (χ0v) is 8.96. The second-order valence-electron chi connectivity index (χ2n) is 3.25. The molecule has 0 atom stereocenters. The molecule has 15 heavy (non-hydrogen) atoms. The van der Waals surface area contributed by atoms with E-state index in [0.717, 1.165) is 17.1 Å². The van der Waals surface area contributed by atoms with Gasteiger partial charge in [-0.25, -0.2) is 4.98 Å². The monoisotopic (exact) mass is 221 g/mol. The summed E-state index contributed by atoms with van der Waals surface area (Å²) in [5.41, 5.74) is 7.26. The summed E-state index contributed by atoms with van der Waals surface area (Å²) >= 11 is 6.06. The molecular weight excluding hydrogens is 210 g/mol. The van der Waals surface area contributed by atoms with Crippen molar-refractivity contribution in [2.45, 2.75) is 6.42 Å². The van der Waals surface area contributed by atoms with Crippen molar-refractivity contribution in [2.75, 3.05) is 6.54 Å². The van der Waals surface area contributed by atoms with E-state index in [1.54, 1.807) is 0 Å². The number of rotatable bonds is 3. The summed E-state index contributed by atoms with van der Waals surface area (Å²) in [5, 5.41) is 0.574. The molecular formula is C11H12ClN3. The van der Waals surface area contributed by atoms with Gasteiger partial charge in [0, 0.05) is 12.0 Å². The Morgan fingerprint density at radius 2 is 2.00 bits per heavy atom. The fourth-order valence-corrected chi connectivity index (χ4v) is 1.70. The fourth-order valence-electron chi connectivity index (χ4n) is 1.44. The van der Waals surface area contributed by atoms with E-state index >= 15 is 0 Å². The highest BCUT2D eigenvalue weighted by atomic mass is 35.5. The van der Waals surface area contributed by atoms with Gasteiger partial charge in [0.15, 0.2) is 0 Å². The Morgan fingerprint density at radius 3 is 2.67 bits per heavy atom. The molecule has 78 valence electrons. The normalized spacial score (nSPS) is 10.5. The standard InChI is InChI=1S/C11H12ClN3/c12-11-10(8-4-2-1-3-5-8)14-9(15-11)6-7-13/h1-5H,6-7,13H2,(H,14,15). The number of hydrogen-bond donors (Lipinski definition) is 2. The van der Waals surface area contributed by atoms with Crippen molar-refractivity contribution in [1.82, 2.24) is 9.97 Å². The van der Waals surface area contributed by atoms with Crippen molar-refractivity contribution in [3.63, 3.8) is 0 Å². The largest absolute Gasteiger partial charge is 0.332 e. The van der Waals surface area contributed by atoms with Gasteiger partial charge in [0.05, 0.1) is 0 Å². The SMILES string of the molecule is NCCc1nc(-c2ccccc2)c(Cl)[nH]1. The van der Waals surface area contributed by atoms with Crippen LogP contribution in [-0.4, -0.2) is 16.5 Å². The summed E-state index contributed by atoms with van der Waals surface area (Å²) in [4.78, 5) is 7.42. The molecule has 0 saturated carbocycles. The van der Waals surface area contributed by atoms with Crippen molar-refractivity contribution < 1.29 is 0 Å². The third-order valence-electron chi connectivity index (χ3n) is 2.14. The number of nitrogens with one attached hydrogen (secondary N) is 1. The van der Waals surface area contributed by atoms with Gasteiger partial charge in [-0.15, -0.1) is 0 Å². The van der Waals surface area contributed by atoms with Gasteiger partial charge in [-0.05, 0) is 6.54 Å². The van der Waals surface area contributed by atoms with Gasteiger partial charge in [0.1, 0.15) is 16.7 Å². The first-order valence-electron chi connectivity index (χ1n) is 4.81. The number of hydrogen-bond acceptors (Lipinski definition) is 2. The number of aromatic nitrogens is 2. The van der Waals surface area contributed by atoms with Crippen LogP contribution in [0.2, 0.25) is 5.15 Å². The van der Waals surface area contributed by atoms with Crippen molar-refractivity contribution in [3.05, 3.63) is 41.3 Å². The molecule has 0 aliphatic carbocycles. The minimum absolute atomic E-state index is 0.568. The molecule has 1 heterocycles. The highest BCUT2D eigenvalue weighted by molar-refractivity contribution is 6.31. The molecule has 0 aliphatic rings. The van der Waals surface area contributed by atoms with Crippen LogP contribution >= 0.6 is 11.6 Å². The van der Waals surface area contributed by atoms with Crippen molar-refractivity contribution in [1.29, 1.82) is 0 Å². The summed E-state index contributed by atoms with van der Waals surface area (Å²) < 4.78 is 0. The van der Waals surface area contributed by atoms with Crippen LogP contribution in [0.4, 0.5) is 0 Å². The first kappa shape index (κ1) is 10.2. The molecule has 1 aromatic carbocycles. The summed E-state index contributed by atoms with van der Waals surface area (Å²) in [6.45, 7) is 0.568. The van der Waals surface area contributed by atoms with Gasteiger partial charge in [0.25, 0.3) is 0 Å². The summed E-state index contributed by atoms with van der Waals surface area (Å²) in [7, 11) is 0. The van der Waals surface area contributed by atoms with E-state index in [0.29, 0.717) is 18.1 Å². The van der Waals surface area contributed by atoms with E-state index in [9.17, 15) is 0 Å². The first-order valence-corrected chi connectivity index (χ1v) is 5.19. The van der Waals surface area contributed by atoms with Crippen LogP contribution in [0.15, 0.2) is 30.3 Å². The lowest BCUT2D eigenvalue weighted by molar-refractivity contribution is 0.895. The molecule has 2 aromatic rings. The van der Waals surface area contributed by atoms with E-state index in [2.05, 4.69) is 9.97 Å². The molecule has 0 radical (unpaired) electrons. The number of benzene rings is 1. The molecule has 3 N–H and O–H groups in total. The number of halogens is 1. The van der Waals surface area contributed by atoms with E-state index < -0.39 is 0 Å². The van der Waals surface area contributed by atoms with Gasteiger partial charge in [-0.3, -0.25) is 0 Å². The van der Waals surface area contributed by atoms with Crippen LogP contribution < -0.4 is 5.73 Å². The lowest BCUT2D eigenvalue weighted by Gasteiger charge is -1.95. The molecule has 3 nitrogen and oxygen atoms in total. The van der Waals surface area contributed by atoms with E-state index in [4.69, 9.17) is 17.3 Å². The highest BCUT2D eigenvalue weighted by Crippen LogP contribution is 2.24. The lowest BCUT2D eigenvalue weighted by Crippen LogP contribution is -2.03. The zero-order valence-electron chi connectivity index (χ0n) is 8.20. The van der Waals surface area contributed by atoms with Gasteiger partial charge in [0.2, 0.25) is 0 Å². The van der Waals surface area contributed by atoms with E-state index in [1.165, 1.54) is 0 Å². The molecule has 1 aromatic heterocycles. The third kappa shape index (κ3) is 2.19. The van der Waals surface area contributed by atoms with Crippen molar-refractivity contribution >= 4 is 11.6 Å². The van der Waals surface area contributed by atoms with Gasteiger partial charge >= 0.3 is 0 Å². The zero-order chi connectivity index (χ0) is 10.7. The Labute approximate surface area is 93.3 Å². The van der Waals surface area contributed by atoms with Crippen LogP contribution in [0.1, 0.15) is 5.82 Å². The highest BCUT2D eigenvalue weighted by Gasteiger charge is 2.09. The molecule has 0 spiro atoms. The molecule has 0 unspecified atom stereocenters. The van der Waals surface area contributed by atoms with Crippen LogP contribution in [0.25, 0.3) is 11.3 Å². The van der Waals surface area contributed by atoms with Gasteiger partial charge < -0.3 is 10.7 Å². The number of imidazole rings is 1. The molecule has 0 fully saturated rings. The predicted octanol–water partition coefficient (Wildman–Crippen LogP) is 2.23. The molecule has 0 amide bonds.